The smallest absolute Gasteiger partial charge is 0.327 e. The molecule has 2 N–H and O–H groups in total. The van der Waals surface area contributed by atoms with Gasteiger partial charge in [-0.15, -0.1) is 12.3 Å². The number of carboxylic acids is 1. The van der Waals surface area contributed by atoms with Gasteiger partial charge in [0.05, 0.1) is 6.61 Å². The lowest BCUT2D eigenvalue weighted by Crippen LogP contribution is -2.40. The van der Waals surface area contributed by atoms with Crippen LogP contribution in [0.1, 0.15) is 26.2 Å². The molecule has 0 aliphatic heterocycles. The van der Waals surface area contributed by atoms with Crippen LogP contribution in [-0.2, 0) is 14.3 Å². The number of hydrogen-bond acceptors (Lipinski definition) is 3. The third kappa shape index (κ3) is 6.85. The molecule has 0 aliphatic rings. The molecule has 5 nitrogen and oxygen atoms in total. The molecular weight excluding hydrogens is 210 g/mol. The number of rotatable bonds is 8. The van der Waals surface area contributed by atoms with Crippen LogP contribution in [0.2, 0.25) is 0 Å². The molecule has 0 aromatic heterocycles. The Kier molecular flexibility index (Phi) is 7.90. The van der Waals surface area contributed by atoms with Crippen LogP contribution in [0.3, 0.4) is 0 Å². The number of carboxylic acid groups (broad SMARTS) is 1. The van der Waals surface area contributed by atoms with Crippen LogP contribution in [0.4, 0.5) is 0 Å². The minimum Gasteiger partial charge on any atom is -0.480 e. The molecule has 0 rings (SSSR count). The van der Waals surface area contributed by atoms with E-state index in [0.29, 0.717) is 13.2 Å². The van der Waals surface area contributed by atoms with Gasteiger partial charge in [0.1, 0.15) is 6.04 Å². The van der Waals surface area contributed by atoms with Gasteiger partial charge in [-0.1, -0.05) is 6.92 Å². The number of amides is 1. The fourth-order valence-corrected chi connectivity index (χ4v) is 0.996. The van der Waals surface area contributed by atoms with Gasteiger partial charge in [0.15, 0.2) is 0 Å². The highest BCUT2D eigenvalue weighted by Crippen LogP contribution is 1.93. The van der Waals surface area contributed by atoms with Crippen LogP contribution < -0.4 is 5.32 Å². The highest BCUT2D eigenvalue weighted by molar-refractivity contribution is 5.83. The van der Waals surface area contributed by atoms with Gasteiger partial charge >= 0.3 is 5.97 Å². The number of aliphatic carboxylic acids is 1. The average Bonchev–Trinajstić information content (AvgIpc) is 2.23. The maximum atomic E-state index is 11.3. The van der Waals surface area contributed by atoms with Gasteiger partial charge in [0, 0.05) is 19.4 Å². The third-order valence-electron chi connectivity index (χ3n) is 1.78. The molecule has 90 valence electrons. The van der Waals surface area contributed by atoms with E-state index >= 15 is 0 Å². The summed E-state index contributed by atoms with van der Waals surface area (Å²) in [6.07, 6.45) is 6.01. The SMILES string of the molecule is C#CCC(NC(=O)CCOCCC)C(=O)O. The number of ether oxygens (including phenoxy) is 1. The second kappa shape index (κ2) is 8.74. The quantitative estimate of drug-likeness (QED) is 0.465. The van der Waals surface area contributed by atoms with Crippen molar-refractivity contribution in [1.82, 2.24) is 5.32 Å². The summed E-state index contributed by atoms with van der Waals surface area (Å²) in [6, 6.07) is -1.01. The van der Waals surface area contributed by atoms with Crippen LogP contribution in [0.5, 0.6) is 0 Å². The number of hydrogen-bond donors (Lipinski definition) is 2. The van der Waals surface area contributed by atoms with Crippen molar-refractivity contribution < 1.29 is 19.4 Å². The lowest BCUT2D eigenvalue weighted by molar-refractivity contribution is -0.141. The van der Waals surface area contributed by atoms with Crippen molar-refractivity contribution in [2.75, 3.05) is 13.2 Å². The van der Waals surface area contributed by atoms with E-state index < -0.39 is 12.0 Å². The molecule has 0 fully saturated rings. The molecule has 1 amide bonds. The first-order valence-electron chi connectivity index (χ1n) is 5.15. The van der Waals surface area contributed by atoms with Crippen LogP contribution in [-0.4, -0.2) is 36.2 Å². The molecule has 0 saturated carbocycles. The summed E-state index contributed by atoms with van der Waals surface area (Å²) in [5, 5.41) is 11.1. The molecule has 1 unspecified atom stereocenters. The zero-order chi connectivity index (χ0) is 12.4. The molecule has 0 heterocycles. The van der Waals surface area contributed by atoms with E-state index in [9.17, 15) is 9.59 Å². The number of terminal acetylenes is 1. The molecule has 5 heteroatoms. The van der Waals surface area contributed by atoms with E-state index in [4.69, 9.17) is 16.3 Å². The lowest BCUT2D eigenvalue weighted by Gasteiger charge is -2.11. The van der Waals surface area contributed by atoms with E-state index in [1.165, 1.54) is 0 Å². The van der Waals surface area contributed by atoms with E-state index in [1.807, 2.05) is 6.92 Å². The van der Waals surface area contributed by atoms with Crippen molar-refractivity contribution in [3.05, 3.63) is 0 Å². The first kappa shape index (κ1) is 14.5. The maximum absolute atomic E-state index is 11.3. The summed E-state index contributed by atoms with van der Waals surface area (Å²) in [4.78, 5) is 21.9. The molecule has 0 bridgehead atoms. The van der Waals surface area contributed by atoms with Crippen LogP contribution >= 0.6 is 0 Å². The summed E-state index contributed by atoms with van der Waals surface area (Å²) in [7, 11) is 0. The summed E-state index contributed by atoms with van der Waals surface area (Å²) in [5.41, 5.74) is 0. The van der Waals surface area contributed by atoms with Gasteiger partial charge in [-0.3, -0.25) is 4.79 Å². The second-order valence-electron chi connectivity index (χ2n) is 3.23. The molecule has 16 heavy (non-hydrogen) atoms. The largest absolute Gasteiger partial charge is 0.480 e. The number of carbonyl (C=O) groups is 2. The van der Waals surface area contributed by atoms with Crippen LogP contribution in [0.15, 0.2) is 0 Å². The minimum absolute atomic E-state index is 0.0170. The molecule has 0 aromatic carbocycles. The highest BCUT2D eigenvalue weighted by atomic mass is 16.5. The standard InChI is InChI=1S/C11H17NO4/c1-3-5-9(11(14)15)12-10(13)6-8-16-7-4-2/h1,9H,4-8H2,2H3,(H,12,13)(H,14,15). The Hall–Kier alpha value is -1.54. The zero-order valence-electron chi connectivity index (χ0n) is 9.36. The molecule has 0 radical (unpaired) electrons. The first-order chi connectivity index (χ1) is 7.61. The van der Waals surface area contributed by atoms with Gasteiger partial charge in [-0.05, 0) is 6.42 Å². The number of carbonyl (C=O) groups excluding carboxylic acids is 1. The normalized spacial score (nSPS) is 11.5. The van der Waals surface area contributed by atoms with Gasteiger partial charge in [0.25, 0.3) is 0 Å². The van der Waals surface area contributed by atoms with Crippen molar-refractivity contribution in [3.8, 4) is 12.3 Å². The third-order valence-corrected chi connectivity index (χ3v) is 1.78. The minimum atomic E-state index is -1.12. The van der Waals surface area contributed by atoms with E-state index in [1.54, 1.807) is 0 Å². The Morgan fingerprint density at radius 1 is 1.50 bits per heavy atom. The van der Waals surface area contributed by atoms with E-state index in [0.717, 1.165) is 6.42 Å². The van der Waals surface area contributed by atoms with Gasteiger partial charge in [0.2, 0.25) is 5.91 Å². The first-order valence-corrected chi connectivity index (χ1v) is 5.15. The maximum Gasteiger partial charge on any atom is 0.327 e. The Morgan fingerprint density at radius 3 is 2.69 bits per heavy atom. The van der Waals surface area contributed by atoms with Crippen molar-refractivity contribution in [1.29, 1.82) is 0 Å². The van der Waals surface area contributed by atoms with Crippen LogP contribution in [0.25, 0.3) is 0 Å². The van der Waals surface area contributed by atoms with Crippen molar-refractivity contribution in [3.63, 3.8) is 0 Å². The zero-order valence-corrected chi connectivity index (χ0v) is 9.36. The highest BCUT2D eigenvalue weighted by Gasteiger charge is 2.18. The molecule has 0 saturated heterocycles. The lowest BCUT2D eigenvalue weighted by atomic mass is 10.2. The molecule has 0 aromatic rings. The Labute approximate surface area is 95.2 Å². The Bertz CT molecular complexity index is 270. The fraction of sp³-hybridized carbons (Fsp3) is 0.636. The second-order valence-corrected chi connectivity index (χ2v) is 3.23. The number of nitrogens with one attached hydrogen (secondary N) is 1. The molecule has 0 aliphatic carbocycles. The Balaban J connectivity index is 3.83. The van der Waals surface area contributed by atoms with Crippen molar-refractivity contribution in [2.45, 2.75) is 32.2 Å². The summed E-state index contributed by atoms with van der Waals surface area (Å²) < 4.78 is 5.11. The summed E-state index contributed by atoms with van der Waals surface area (Å²) in [6.45, 7) is 2.86. The summed E-state index contributed by atoms with van der Waals surface area (Å²) >= 11 is 0. The monoisotopic (exact) mass is 227 g/mol. The Morgan fingerprint density at radius 2 is 2.19 bits per heavy atom. The van der Waals surface area contributed by atoms with E-state index in [2.05, 4.69) is 11.2 Å². The average molecular weight is 227 g/mol. The van der Waals surface area contributed by atoms with Crippen molar-refractivity contribution in [2.24, 2.45) is 0 Å². The fourth-order valence-electron chi connectivity index (χ4n) is 0.996. The van der Waals surface area contributed by atoms with Gasteiger partial charge in [-0.2, -0.15) is 0 Å². The predicted molar refractivity (Wildman–Crippen MR) is 58.7 cm³/mol. The van der Waals surface area contributed by atoms with Crippen LogP contribution in [0, 0.1) is 12.3 Å². The molecule has 0 spiro atoms. The van der Waals surface area contributed by atoms with Gasteiger partial charge in [-0.25, -0.2) is 4.79 Å². The predicted octanol–water partition coefficient (Wildman–Crippen LogP) is 0.396. The van der Waals surface area contributed by atoms with Crippen molar-refractivity contribution >= 4 is 11.9 Å². The molecule has 1 atom stereocenters. The van der Waals surface area contributed by atoms with E-state index in [-0.39, 0.29) is 18.7 Å². The van der Waals surface area contributed by atoms with Gasteiger partial charge < -0.3 is 15.2 Å². The topological polar surface area (TPSA) is 75.6 Å². The molecular formula is C11H17NO4. The summed E-state index contributed by atoms with van der Waals surface area (Å²) in [5.74, 6) is 0.718.